The Bertz CT molecular complexity index is 590. The molecule has 5 heteroatoms. The van der Waals surface area contributed by atoms with E-state index in [1.165, 1.54) is 11.1 Å². The van der Waals surface area contributed by atoms with E-state index >= 15 is 0 Å². The van der Waals surface area contributed by atoms with Crippen molar-refractivity contribution in [2.24, 2.45) is 0 Å². The zero-order chi connectivity index (χ0) is 16.9. The SMILES string of the molecule is Cc1cccc(CCC(=O)N2CCN(CC(=O)NC3CC3)CC2)c1. The van der Waals surface area contributed by atoms with Gasteiger partial charge in [-0.15, -0.1) is 0 Å². The highest BCUT2D eigenvalue weighted by Crippen LogP contribution is 2.18. The predicted octanol–water partition coefficient (Wildman–Crippen LogP) is 1.35. The van der Waals surface area contributed by atoms with Gasteiger partial charge in [-0.25, -0.2) is 0 Å². The number of rotatable bonds is 6. The van der Waals surface area contributed by atoms with Crippen molar-refractivity contribution in [2.45, 2.75) is 38.6 Å². The van der Waals surface area contributed by atoms with Crippen molar-refractivity contribution in [1.82, 2.24) is 15.1 Å². The first-order valence-electron chi connectivity index (χ1n) is 8.95. The lowest BCUT2D eigenvalue weighted by Crippen LogP contribution is -2.51. The Morgan fingerprint density at radius 3 is 2.58 bits per heavy atom. The highest BCUT2D eigenvalue weighted by Gasteiger charge is 2.26. The van der Waals surface area contributed by atoms with E-state index in [0.717, 1.165) is 45.4 Å². The van der Waals surface area contributed by atoms with E-state index in [1.54, 1.807) is 0 Å². The maximum atomic E-state index is 12.4. The topological polar surface area (TPSA) is 52.7 Å². The van der Waals surface area contributed by atoms with Crippen molar-refractivity contribution in [3.63, 3.8) is 0 Å². The van der Waals surface area contributed by atoms with E-state index in [2.05, 4.69) is 35.3 Å². The fraction of sp³-hybridized carbons (Fsp3) is 0.579. The molecule has 1 aromatic rings. The molecule has 1 heterocycles. The number of aryl methyl sites for hydroxylation is 2. The van der Waals surface area contributed by atoms with Gasteiger partial charge < -0.3 is 10.2 Å². The zero-order valence-corrected chi connectivity index (χ0v) is 14.5. The van der Waals surface area contributed by atoms with E-state index in [-0.39, 0.29) is 11.8 Å². The van der Waals surface area contributed by atoms with Gasteiger partial charge in [0, 0.05) is 38.6 Å². The second-order valence-corrected chi connectivity index (χ2v) is 6.99. The second kappa shape index (κ2) is 7.79. The van der Waals surface area contributed by atoms with Crippen LogP contribution in [0.4, 0.5) is 0 Å². The van der Waals surface area contributed by atoms with Gasteiger partial charge in [0.15, 0.2) is 0 Å². The summed E-state index contributed by atoms with van der Waals surface area (Å²) < 4.78 is 0. The van der Waals surface area contributed by atoms with Crippen LogP contribution in [0.5, 0.6) is 0 Å². The summed E-state index contributed by atoms with van der Waals surface area (Å²) in [7, 11) is 0. The molecule has 1 saturated heterocycles. The highest BCUT2D eigenvalue weighted by molar-refractivity contribution is 5.79. The molecule has 1 aliphatic heterocycles. The molecule has 0 spiro atoms. The molecule has 1 saturated carbocycles. The van der Waals surface area contributed by atoms with Gasteiger partial charge in [-0.05, 0) is 31.7 Å². The Kier molecular flexibility index (Phi) is 5.51. The van der Waals surface area contributed by atoms with E-state index in [0.29, 0.717) is 19.0 Å². The van der Waals surface area contributed by atoms with Crippen molar-refractivity contribution in [3.05, 3.63) is 35.4 Å². The lowest BCUT2D eigenvalue weighted by atomic mass is 10.1. The molecule has 0 aromatic heterocycles. The monoisotopic (exact) mass is 329 g/mol. The highest BCUT2D eigenvalue weighted by atomic mass is 16.2. The zero-order valence-electron chi connectivity index (χ0n) is 14.5. The van der Waals surface area contributed by atoms with Crippen molar-refractivity contribution in [1.29, 1.82) is 0 Å². The first kappa shape index (κ1) is 17.0. The van der Waals surface area contributed by atoms with Crippen LogP contribution in [-0.2, 0) is 16.0 Å². The van der Waals surface area contributed by atoms with Crippen LogP contribution in [0.3, 0.4) is 0 Å². The van der Waals surface area contributed by atoms with Crippen molar-refractivity contribution in [2.75, 3.05) is 32.7 Å². The second-order valence-electron chi connectivity index (χ2n) is 6.99. The fourth-order valence-electron chi connectivity index (χ4n) is 3.14. The van der Waals surface area contributed by atoms with Gasteiger partial charge >= 0.3 is 0 Å². The van der Waals surface area contributed by atoms with E-state index in [9.17, 15) is 9.59 Å². The molecule has 130 valence electrons. The summed E-state index contributed by atoms with van der Waals surface area (Å²) >= 11 is 0. The van der Waals surface area contributed by atoms with Crippen molar-refractivity contribution < 1.29 is 9.59 Å². The molecule has 0 bridgehead atoms. The minimum Gasteiger partial charge on any atom is -0.352 e. The van der Waals surface area contributed by atoms with Gasteiger partial charge in [-0.3, -0.25) is 14.5 Å². The first-order chi connectivity index (χ1) is 11.6. The number of carbonyl (C=O) groups excluding carboxylic acids is 2. The largest absolute Gasteiger partial charge is 0.352 e. The number of nitrogens with zero attached hydrogens (tertiary/aromatic N) is 2. The van der Waals surface area contributed by atoms with Gasteiger partial charge in [0.05, 0.1) is 6.54 Å². The lowest BCUT2D eigenvalue weighted by Gasteiger charge is -2.34. The molecule has 1 aromatic carbocycles. The Labute approximate surface area is 144 Å². The van der Waals surface area contributed by atoms with Crippen LogP contribution in [0.2, 0.25) is 0 Å². The fourth-order valence-corrected chi connectivity index (χ4v) is 3.14. The molecule has 5 nitrogen and oxygen atoms in total. The minimum absolute atomic E-state index is 0.122. The average Bonchev–Trinajstić information content (AvgIpc) is 3.37. The van der Waals surface area contributed by atoms with Gasteiger partial charge in [0.1, 0.15) is 0 Å². The van der Waals surface area contributed by atoms with E-state index < -0.39 is 0 Å². The number of piperazine rings is 1. The van der Waals surface area contributed by atoms with Crippen molar-refractivity contribution in [3.8, 4) is 0 Å². The van der Waals surface area contributed by atoms with Gasteiger partial charge in [0.2, 0.25) is 11.8 Å². The van der Waals surface area contributed by atoms with Crippen LogP contribution >= 0.6 is 0 Å². The van der Waals surface area contributed by atoms with Crippen LogP contribution in [0, 0.1) is 6.92 Å². The Balaban J connectivity index is 1.37. The van der Waals surface area contributed by atoms with Crippen LogP contribution < -0.4 is 5.32 Å². The van der Waals surface area contributed by atoms with Gasteiger partial charge in [0.25, 0.3) is 0 Å². The van der Waals surface area contributed by atoms with Crippen LogP contribution in [0.25, 0.3) is 0 Å². The summed E-state index contributed by atoms with van der Waals surface area (Å²) in [6.45, 7) is 5.56. The van der Waals surface area contributed by atoms with E-state index in [1.807, 2.05) is 11.0 Å². The van der Waals surface area contributed by atoms with Gasteiger partial charge in [-0.2, -0.15) is 0 Å². The molecule has 3 rings (SSSR count). The number of hydrogen-bond acceptors (Lipinski definition) is 3. The third-order valence-electron chi connectivity index (χ3n) is 4.74. The smallest absolute Gasteiger partial charge is 0.234 e. The normalized spacial score (nSPS) is 18.5. The number of hydrogen-bond donors (Lipinski definition) is 1. The Hall–Kier alpha value is -1.88. The molecule has 0 radical (unpaired) electrons. The minimum atomic E-state index is 0.122. The lowest BCUT2D eigenvalue weighted by molar-refractivity contribution is -0.133. The molecule has 2 aliphatic rings. The summed E-state index contributed by atoms with van der Waals surface area (Å²) in [5, 5.41) is 3.02. The molecular formula is C19H27N3O2. The number of carbonyl (C=O) groups is 2. The number of nitrogens with one attached hydrogen (secondary N) is 1. The van der Waals surface area contributed by atoms with Crippen LogP contribution in [0.1, 0.15) is 30.4 Å². The summed E-state index contributed by atoms with van der Waals surface area (Å²) in [6.07, 6.45) is 3.60. The summed E-state index contributed by atoms with van der Waals surface area (Å²) in [5.41, 5.74) is 2.46. The van der Waals surface area contributed by atoms with Crippen LogP contribution in [0.15, 0.2) is 24.3 Å². The predicted molar refractivity (Wildman–Crippen MR) is 93.7 cm³/mol. The van der Waals surface area contributed by atoms with Gasteiger partial charge in [-0.1, -0.05) is 29.8 Å². The summed E-state index contributed by atoms with van der Waals surface area (Å²) in [4.78, 5) is 28.3. The first-order valence-corrected chi connectivity index (χ1v) is 8.95. The summed E-state index contributed by atoms with van der Waals surface area (Å²) in [5.74, 6) is 0.343. The molecule has 0 atom stereocenters. The quantitative estimate of drug-likeness (QED) is 0.857. The molecule has 2 amide bonds. The molecule has 2 fully saturated rings. The van der Waals surface area contributed by atoms with E-state index in [4.69, 9.17) is 0 Å². The van der Waals surface area contributed by atoms with Crippen molar-refractivity contribution >= 4 is 11.8 Å². The third-order valence-corrected chi connectivity index (χ3v) is 4.74. The Morgan fingerprint density at radius 1 is 1.17 bits per heavy atom. The molecule has 24 heavy (non-hydrogen) atoms. The number of benzene rings is 1. The summed E-state index contributed by atoms with van der Waals surface area (Å²) in [6, 6.07) is 8.76. The average molecular weight is 329 g/mol. The molecular weight excluding hydrogens is 302 g/mol. The standard InChI is InChI=1S/C19H27N3O2/c1-15-3-2-4-16(13-15)5-8-19(24)22-11-9-21(10-12-22)14-18(23)20-17-6-7-17/h2-4,13,17H,5-12,14H2,1H3,(H,20,23). The number of amides is 2. The van der Waals surface area contributed by atoms with Crippen LogP contribution in [-0.4, -0.2) is 60.4 Å². The molecule has 1 N–H and O–H groups in total. The maximum absolute atomic E-state index is 12.4. The molecule has 0 unspecified atom stereocenters. The maximum Gasteiger partial charge on any atom is 0.234 e. The molecule has 1 aliphatic carbocycles. The third kappa shape index (κ3) is 5.06. The Morgan fingerprint density at radius 2 is 1.92 bits per heavy atom.